The van der Waals surface area contributed by atoms with Crippen molar-refractivity contribution >= 4 is 0 Å². The van der Waals surface area contributed by atoms with Crippen molar-refractivity contribution in [2.75, 3.05) is 6.61 Å². The normalized spacial score (nSPS) is 10.4. The van der Waals surface area contributed by atoms with Gasteiger partial charge in [-0.15, -0.1) is 5.10 Å². The number of aliphatic hydroxyl groups excluding tert-OH is 1. The third-order valence-corrected chi connectivity index (χ3v) is 3.18. The van der Waals surface area contributed by atoms with Crippen LogP contribution in [-0.2, 0) is 13.2 Å². The van der Waals surface area contributed by atoms with Crippen molar-refractivity contribution in [2.45, 2.75) is 33.4 Å². The summed E-state index contributed by atoms with van der Waals surface area (Å²) in [4.78, 5) is 0. The Hall–Kier alpha value is -2.39. The van der Waals surface area contributed by atoms with E-state index in [-0.39, 0.29) is 18.9 Å². The molecule has 110 valence electrons. The summed E-state index contributed by atoms with van der Waals surface area (Å²) in [6.07, 6.45) is 0.560. The van der Waals surface area contributed by atoms with Gasteiger partial charge in [0.25, 0.3) is 0 Å². The Morgan fingerprint density at radius 1 is 1.38 bits per heavy atom. The third kappa shape index (κ3) is 3.58. The lowest BCUT2D eigenvalue weighted by Gasteiger charge is -2.11. The number of aryl methyl sites for hydroxylation is 3. The van der Waals surface area contributed by atoms with Crippen LogP contribution in [0.4, 0.5) is 0 Å². The summed E-state index contributed by atoms with van der Waals surface area (Å²) in [7, 11) is 0. The minimum atomic E-state index is 0.0685. The van der Waals surface area contributed by atoms with Crippen LogP contribution in [0.5, 0.6) is 5.75 Å². The fourth-order valence-corrected chi connectivity index (χ4v) is 1.97. The lowest BCUT2D eigenvalue weighted by Crippen LogP contribution is -2.10. The fraction of sp³-hybridized carbons (Fsp3) is 0.400. The maximum absolute atomic E-state index is 9.08. The molecule has 1 N–H and O–H groups in total. The molecule has 0 aliphatic heterocycles. The highest BCUT2D eigenvalue weighted by Crippen LogP contribution is 2.20. The predicted octanol–water partition coefficient (Wildman–Crippen LogP) is 1.73. The average Bonchev–Trinajstić information content (AvgIpc) is 2.88. The van der Waals surface area contributed by atoms with Crippen molar-refractivity contribution in [1.82, 2.24) is 15.0 Å². The van der Waals surface area contributed by atoms with Gasteiger partial charge >= 0.3 is 0 Å². The number of benzene rings is 1. The number of hydrogen-bond acceptors (Lipinski definition) is 5. The third-order valence-electron chi connectivity index (χ3n) is 3.18. The highest BCUT2D eigenvalue weighted by molar-refractivity contribution is 5.36. The Kier molecular flexibility index (Phi) is 4.90. The topological polar surface area (TPSA) is 84.0 Å². The fourth-order valence-electron chi connectivity index (χ4n) is 1.97. The molecule has 0 saturated carbocycles. The number of ether oxygens (including phenoxy) is 1. The second-order valence-corrected chi connectivity index (χ2v) is 4.85. The number of aliphatic hydroxyl groups is 1. The van der Waals surface area contributed by atoms with Crippen LogP contribution in [0.3, 0.4) is 0 Å². The average molecular weight is 286 g/mol. The van der Waals surface area contributed by atoms with Crippen molar-refractivity contribution in [3.63, 3.8) is 0 Å². The van der Waals surface area contributed by atoms with Gasteiger partial charge in [-0.2, -0.15) is 5.26 Å². The van der Waals surface area contributed by atoms with Crippen molar-refractivity contribution in [3.8, 4) is 11.8 Å². The van der Waals surface area contributed by atoms with Crippen LogP contribution in [-0.4, -0.2) is 26.7 Å². The molecule has 0 atom stereocenters. The second kappa shape index (κ2) is 6.86. The number of hydrogen-bond donors (Lipinski definition) is 1. The molecular formula is C15H18N4O2. The summed E-state index contributed by atoms with van der Waals surface area (Å²) >= 11 is 0. The maximum Gasteiger partial charge on any atom is 0.189 e. The summed E-state index contributed by atoms with van der Waals surface area (Å²) < 4.78 is 7.42. The maximum atomic E-state index is 9.08. The molecule has 1 aromatic heterocycles. The molecule has 0 radical (unpaired) electrons. The van der Waals surface area contributed by atoms with Gasteiger partial charge in [0.1, 0.15) is 24.1 Å². The molecule has 0 spiro atoms. The molecule has 2 rings (SSSR count). The molecule has 0 unspecified atom stereocenters. The van der Waals surface area contributed by atoms with Gasteiger partial charge in [-0.1, -0.05) is 17.3 Å². The zero-order chi connectivity index (χ0) is 15.2. The first-order valence-electron chi connectivity index (χ1n) is 6.79. The smallest absolute Gasteiger partial charge is 0.189 e. The van der Waals surface area contributed by atoms with Gasteiger partial charge in [0.2, 0.25) is 0 Å². The van der Waals surface area contributed by atoms with Crippen molar-refractivity contribution in [2.24, 2.45) is 0 Å². The lowest BCUT2D eigenvalue weighted by atomic mass is 10.1. The van der Waals surface area contributed by atoms with E-state index >= 15 is 0 Å². The molecule has 0 fully saturated rings. The van der Waals surface area contributed by atoms with Crippen molar-refractivity contribution in [3.05, 3.63) is 40.7 Å². The first-order chi connectivity index (χ1) is 10.2. The Bertz CT molecular complexity index is 658. The largest absolute Gasteiger partial charge is 0.487 e. The van der Waals surface area contributed by atoms with E-state index in [1.807, 2.05) is 38.1 Å². The van der Waals surface area contributed by atoms with Crippen LogP contribution < -0.4 is 4.74 Å². The lowest BCUT2D eigenvalue weighted by molar-refractivity contribution is 0.264. The van der Waals surface area contributed by atoms with Crippen LogP contribution in [0.2, 0.25) is 0 Å². The minimum Gasteiger partial charge on any atom is -0.487 e. The van der Waals surface area contributed by atoms with Crippen LogP contribution in [0, 0.1) is 25.2 Å². The van der Waals surface area contributed by atoms with E-state index in [0.717, 1.165) is 16.9 Å². The number of nitriles is 1. The minimum absolute atomic E-state index is 0.0685. The molecule has 6 heteroatoms. The molecule has 6 nitrogen and oxygen atoms in total. The van der Waals surface area contributed by atoms with Crippen LogP contribution >= 0.6 is 0 Å². The van der Waals surface area contributed by atoms with E-state index in [0.29, 0.717) is 18.7 Å². The first-order valence-corrected chi connectivity index (χ1v) is 6.79. The molecule has 0 amide bonds. The van der Waals surface area contributed by atoms with Gasteiger partial charge in [-0.3, -0.25) is 0 Å². The molecule has 0 bridgehead atoms. The Balaban J connectivity index is 2.17. The Labute approximate surface area is 123 Å². The Morgan fingerprint density at radius 2 is 2.19 bits per heavy atom. The second-order valence-electron chi connectivity index (χ2n) is 4.85. The van der Waals surface area contributed by atoms with Gasteiger partial charge in [0.15, 0.2) is 5.69 Å². The van der Waals surface area contributed by atoms with E-state index in [1.165, 1.54) is 0 Å². The Morgan fingerprint density at radius 3 is 2.90 bits per heavy atom. The van der Waals surface area contributed by atoms with Gasteiger partial charge in [-0.05, 0) is 37.5 Å². The summed E-state index contributed by atoms with van der Waals surface area (Å²) in [5.74, 6) is 0.786. The molecule has 0 aliphatic rings. The van der Waals surface area contributed by atoms with Gasteiger partial charge in [0.05, 0.1) is 0 Å². The predicted molar refractivity (Wildman–Crippen MR) is 76.7 cm³/mol. The van der Waals surface area contributed by atoms with Crippen molar-refractivity contribution in [1.29, 1.82) is 5.26 Å². The van der Waals surface area contributed by atoms with E-state index in [4.69, 9.17) is 15.1 Å². The van der Waals surface area contributed by atoms with Crippen LogP contribution in [0.15, 0.2) is 18.2 Å². The zero-order valence-corrected chi connectivity index (χ0v) is 12.2. The molecule has 0 saturated heterocycles. The highest BCUT2D eigenvalue weighted by atomic mass is 16.5. The van der Waals surface area contributed by atoms with Gasteiger partial charge in [0, 0.05) is 13.2 Å². The molecular weight excluding hydrogens is 268 g/mol. The zero-order valence-electron chi connectivity index (χ0n) is 12.2. The molecule has 21 heavy (non-hydrogen) atoms. The van der Waals surface area contributed by atoms with E-state index in [1.54, 1.807) is 4.68 Å². The van der Waals surface area contributed by atoms with E-state index in [2.05, 4.69) is 10.3 Å². The quantitative estimate of drug-likeness (QED) is 0.874. The number of nitrogens with zero attached hydrogens (tertiary/aromatic N) is 4. The van der Waals surface area contributed by atoms with E-state index in [9.17, 15) is 0 Å². The summed E-state index contributed by atoms with van der Waals surface area (Å²) in [5, 5.41) is 25.7. The molecule has 1 aromatic carbocycles. The van der Waals surface area contributed by atoms with Crippen molar-refractivity contribution < 1.29 is 9.84 Å². The molecule has 1 heterocycles. The SMILES string of the molecule is Cc1ccc(C)c(OCc2c(C#N)nnn2CCCO)c1. The standard InChI is InChI=1S/C15H18N4O2/c1-11-4-5-12(2)15(8-11)21-10-14-13(9-16)17-18-19(14)6-3-7-20/h4-5,8,20H,3,6-7,10H2,1-2H3. The van der Waals surface area contributed by atoms with Crippen LogP contribution in [0.1, 0.15) is 28.9 Å². The summed E-state index contributed by atoms with van der Waals surface area (Å²) in [6.45, 7) is 4.78. The first kappa shape index (κ1) is 15.0. The molecule has 0 aliphatic carbocycles. The summed E-state index contributed by atoms with van der Waals surface area (Å²) in [6, 6.07) is 8.00. The number of rotatable bonds is 6. The van der Waals surface area contributed by atoms with Crippen LogP contribution in [0.25, 0.3) is 0 Å². The monoisotopic (exact) mass is 286 g/mol. The molecule has 2 aromatic rings. The number of aromatic nitrogens is 3. The summed E-state index contributed by atoms with van der Waals surface area (Å²) in [5.41, 5.74) is 3.04. The highest BCUT2D eigenvalue weighted by Gasteiger charge is 2.13. The van der Waals surface area contributed by atoms with Gasteiger partial charge < -0.3 is 9.84 Å². The van der Waals surface area contributed by atoms with Gasteiger partial charge in [-0.25, -0.2) is 4.68 Å². The van der Waals surface area contributed by atoms with E-state index < -0.39 is 0 Å².